The second-order valence-electron chi connectivity index (χ2n) is 10.4. The van der Waals surface area contributed by atoms with E-state index in [9.17, 15) is 4.79 Å². The molecule has 4 N–H and O–H groups in total. The van der Waals surface area contributed by atoms with E-state index in [1.54, 1.807) is 30.2 Å². The fraction of sp³-hybridized carbons (Fsp3) is 0.310. The minimum absolute atomic E-state index is 0.0380. The number of nitrogens with zero attached hydrogens (tertiary/aromatic N) is 7. The van der Waals surface area contributed by atoms with Crippen LogP contribution < -0.4 is 20.7 Å². The van der Waals surface area contributed by atoms with E-state index >= 15 is 0 Å². The Bertz CT molecular complexity index is 1730. The molecule has 0 spiro atoms. The number of fused-ring (bicyclic) bond motifs is 1. The van der Waals surface area contributed by atoms with Crippen molar-refractivity contribution in [2.45, 2.75) is 26.4 Å². The third-order valence-electron chi connectivity index (χ3n) is 7.31. The Morgan fingerprint density at radius 1 is 1.17 bits per heavy atom. The molecule has 0 radical (unpaired) electrons. The number of likely N-dealkylation sites (tertiary alicyclic amines) is 1. The monoisotopic (exact) mass is 567 g/mol. The maximum Gasteiger partial charge on any atom is 0.238 e. The van der Waals surface area contributed by atoms with Gasteiger partial charge in [-0.1, -0.05) is 12.1 Å². The number of rotatable bonds is 9. The van der Waals surface area contributed by atoms with Crippen molar-refractivity contribution < 1.29 is 9.53 Å². The van der Waals surface area contributed by atoms with Gasteiger partial charge < -0.3 is 25.7 Å². The molecule has 1 saturated heterocycles. The SMILES string of the molecule is CNc1nccc(OC2CCN(CC(=O)Nc3cccc4c(-c5nc(Nc6cc(C)n(C)n6)ncc5C)c[nH]c34)C2)n1. The van der Waals surface area contributed by atoms with Gasteiger partial charge in [-0.2, -0.15) is 10.1 Å². The van der Waals surface area contributed by atoms with Crippen molar-refractivity contribution in [1.82, 2.24) is 39.6 Å². The smallest absolute Gasteiger partial charge is 0.238 e. The number of carbonyl (C=O) groups excluding carboxylic acids is 1. The minimum atomic E-state index is -0.0887. The van der Waals surface area contributed by atoms with Crippen LogP contribution in [0.15, 0.2) is 48.9 Å². The fourth-order valence-corrected chi connectivity index (χ4v) is 5.09. The number of carbonyl (C=O) groups is 1. The van der Waals surface area contributed by atoms with E-state index in [0.29, 0.717) is 35.8 Å². The summed E-state index contributed by atoms with van der Waals surface area (Å²) in [5.41, 5.74) is 5.23. The summed E-state index contributed by atoms with van der Waals surface area (Å²) < 4.78 is 7.81. The van der Waals surface area contributed by atoms with Crippen LogP contribution >= 0.6 is 0 Å². The number of aryl methyl sites for hydroxylation is 3. The molecular weight excluding hydrogens is 534 g/mol. The number of aromatic amines is 1. The Labute approximate surface area is 242 Å². The largest absolute Gasteiger partial charge is 0.473 e. The normalized spacial score (nSPS) is 15.2. The Hall–Kier alpha value is -5.04. The van der Waals surface area contributed by atoms with Crippen LogP contribution in [-0.2, 0) is 11.8 Å². The molecule has 1 unspecified atom stereocenters. The second kappa shape index (κ2) is 11.4. The molecule has 216 valence electrons. The first-order chi connectivity index (χ1) is 20.4. The van der Waals surface area contributed by atoms with Crippen molar-refractivity contribution in [3.8, 4) is 17.1 Å². The third-order valence-corrected chi connectivity index (χ3v) is 7.31. The summed E-state index contributed by atoms with van der Waals surface area (Å²) in [6.45, 7) is 5.64. The summed E-state index contributed by atoms with van der Waals surface area (Å²) in [6.07, 6.45) is 6.15. The van der Waals surface area contributed by atoms with Crippen molar-refractivity contribution in [2.24, 2.45) is 7.05 Å². The molecule has 4 aromatic heterocycles. The molecule has 0 aliphatic carbocycles. The van der Waals surface area contributed by atoms with Gasteiger partial charge in [0.25, 0.3) is 0 Å². The number of para-hydroxylation sites is 1. The molecule has 1 aliphatic rings. The molecule has 42 heavy (non-hydrogen) atoms. The second-order valence-corrected chi connectivity index (χ2v) is 10.4. The predicted octanol–water partition coefficient (Wildman–Crippen LogP) is 3.64. The number of nitrogens with one attached hydrogen (secondary N) is 4. The van der Waals surface area contributed by atoms with Gasteiger partial charge in [0.1, 0.15) is 6.10 Å². The Kier molecular flexibility index (Phi) is 7.40. The molecular formula is C29H33N11O2. The van der Waals surface area contributed by atoms with Crippen molar-refractivity contribution >= 4 is 40.2 Å². The highest BCUT2D eigenvalue weighted by molar-refractivity contribution is 6.06. The maximum absolute atomic E-state index is 13.1. The highest BCUT2D eigenvalue weighted by Gasteiger charge is 2.26. The topological polar surface area (TPSA) is 151 Å². The molecule has 1 amide bonds. The summed E-state index contributed by atoms with van der Waals surface area (Å²) in [7, 11) is 3.65. The van der Waals surface area contributed by atoms with Crippen LogP contribution in [0.5, 0.6) is 5.88 Å². The molecule has 1 aromatic carbocycles. The van der Waals surface area contributed by atoms with Gasteiger partial charge in [-0.25, -0.2) is 15.0 Å². The summed E-state index contributed by atoms with van der Waals surface area (Å²) in [5.74, 6) is 2.08. The van der Waals surface area contributed by atoms with Crippen molar-refractivity contribution in [3.63, 3.8) is 0 Å². The van der Waals surface area contributed by atoms with Gasteiger partial charge in [0.05, 0.1) is 23.4 Å². The van der Waals surface area contributed by atoms with Crippen LogP contribution in [0.3, 0.4) is 0 Å². The average molecular weight is 568 g/mol. The van der Waals surface area contributed by atoms with Crippen molar-refractivity contribution in [3.05, 3.63) is 60.2 Å². The van der Waals surface area contributed by atoms with Gasteiger partial charge in [-0.15, -0.1) is 0 Å². The lowest BCUT2D eigenvalue weighted by atomic mass is 10.1. The number of hydrogen-bond donors (Lipinski definition) is 4. The van der Waals surface area contributed by atoms with Crippen LogP contribution in [0.4, 0.5) is 23.4 Å². The fourth-order valence-electron chi connectivity index (χ4n) is 5.09. The van der Waals surface area contributed by atoms with Crippen LogP contribution in [-0.4, -0.2) is 78.3 Å². The van der Waals surface area contributed by atoms with E-state index in [-0.39, 0.29) is 18.6 Å². The summed E-state index contributed by atoms with van der Waals surface area (Å²) in [6, 6.07) is 9.53. The van der Waals surface area contributed by atoms with Gasteiger partial charge in [-0.05, 0) is 31.9 Å². The Balaban J connectivity index is 1.13. The highest BCUT2D eigenvalue weighted by atomic mass is 16.5. The van der Waals surface area contributed by atoms with Crippen molar-refractivity contribution in [2.75, 3.05) is 42.6 Å². The zero-order valence-corrected chi connectivity index (χ0v) is 24.0. The van der Waals surface area contributed by atoms with E-state index < -0.39 is 0 Å². The van der Waals surface area contributed by atoms with Gasteiger partial charge in [-0.3, -0.25) is 14.4 Å². The Morgan fingerprint density at radius 2 is 2.05 bits per heavy atom. The number of amides is 1. The van der Waals surface area contributed by atoms with Crippen LogP contribution in [0.25, 0.3) is 22.2 Å². The summed E-state index contributed by atoms with van der Waals surface area (Å²) >= 11 is 0. The minimum Gasteiger partial charge on any atom is -0.473 e. The van der Waals surface area contributed by atoms with Gasteiger partial charge >= 0.3 is 0 Å². The lowest BCUT2D eigenvalue weighted by molar-refractivity contribution is -0.117. The van der Waals surface area contributed by atoms with Gasteiger partial charge in [0, 0.05) is 74.6 Å². The van der Waals surface area contributed by atoms with E-state index in [1.165, 1.54) is 0 Å². The van der Waals surface area contributed by atoms with Gasteiger partial charge in [0.2, 0.25) is 23.7 Å². The molecule has 6 rings (SSSR count). The zero-order chi connectivity index (χ0) is 29.2. The molecule has 0 bridgehead atoms. The number of anilines is 4. The number of ether oxygens (including phenoxy) is 1. The third kappa shape index (κ3) is 5.72. The van der Waals surface area contributed by atoms with Crippen LogP contribution in [0.1, 0.15) is 17.7 Å². The highest BCUT2D eigenvalue weighted by Crippen LogP contribution is 2.33. The lowest BCUT2D eigenvalue weighted by Gasteiger charge is -2.16. The van der Waals surface area contributed by atoms with Gasteiger partial charge in [0.15, 0.2) is 5.82 Å². The first-order valence-electron chi connectivity index (χ1n) is 13.8. The van der Waals surface area contributed by atoms with E-state index in [0.717, 1.165) is 46.4 Å². The molecule has 1 fully saturated rings. The molecule has 0 saturated carbocycles. The first kappa shape index (κ1) is 27.1. The molecule has 1 aliphatic heterocycles. The first-order valence-corrected chi connectivity index (χ1v) is 13.8. The molecule has 1 atom stereocenters. The van der Waals surface area contributed by atoms with Crippen LogP contribution in [0.2, 0.25) is 0 Å². The lowest BCUT2D eigenvalue weighted by Crippen LogP contribution is -2.33. The molecule has 5 heterocycles. The molecule has 13 heteroatoms. The van der Waals surface area contributed by atoms with Crippen molar-refractivity contribution in [1.29, 1.82) is 0 Å². The summed E-state index contributed by atoms with van der Waals surface area (Å²) in [5, 5.41) is 14.6. The van der Waals surface area contributed by atoms with Crippen LogP contribution in [0, 0.1) is 13.8 Å². The average Bonchev–Trinajstić information content (AvgIpc) is 3.69. The molecule has 13 nitrogen and oxygen atoms in total. The van der Waals surface area contributed by atoms with E-state index in [1.807, 2.05) is 51.4 Å². The predicted molar refractivity (Wildman–Crippen MR) is 161 cm³/mol. The number of aromatic nitrogens is 7. The maximum atomic E-state index is 13.1. The molecule has 5 aromatic rings. The summed E-state index contributed by atoms with van der Waals surface area (Å²) in [4.78, 5) is 36.2. The Morgan fingerprint density at radius 3 is 2.86 bits per heavy atom. The quantitative estimate of drug-likeness (QED) is 0.208. The van der Waals surface area contributed by atoms with E-state index in [2.05, 4.69) is 45.9 Å². The number of H-pyrrole nitrogens is 1. The van der Waals surface area contributed by atoms with E-state index in [4.69, 9.17) is 9.72 Å². The standard InChI is InChI=1S/C29H33N11O2/c1-17-13-33-29(35-23-12-18(2)39(4)38-23)37-26(17)21-14-32-27-20(21)6-5-7-22(27)34-24(41)16-40-11-9-19(15-40)42-25-8-10-31-28(30-3)36-25/h5-8,10,12-14,19,32H,9,11,15-16H2,1-4H3,(H,34,41)(H,30,31,36)(H,33,35,37,38). The number of hydrogen-bond acceptors (Lipinski definition) is 10. The zero-order valence-electron chi connectivity index (χ0n) is 24.0. The number of benzene rings is 1.